The molecule has 10 heteroatoms. The molecule has 1 aliphatic rings. The lowest BCUT2D eigenvalue weighted by Gasteiger charge is -2.31. The SMILES string of the molecule is COc1ccc(-c2nnc(SCC(=O)NCCCN3CCCC(C(N)=O)C3)o2)cc1. The van der Waals surface area contributed by atoms with Gasteiger partial charge >= 0.3 is 0 Å². The fourth-order valence-electron chi connectivity index (χ4n) is 3.32. The van der Waals surface area contributed by atoms with E-state index in [0.29, 0.717) is 24.2 Å². The summed E-state index contributed by atoms with van der Waals surface area (Å²) in [6.45, 7) is 3.11. The Morgan fingerprint density at radius 2 is 2.13 bits per heavy atom. The molecule has 1 atom stereocenters. The molecular formula is C20H27N5O4S. The van der Waals surface area contributed by atoms with Crippen LogP contribution in [0.1, 0.15) is 19.3 Å². The first-order valence-corrected chi connectivity index (χ1v) is 10.9. The number of carbonyl (C=O) groups excluding carboxylic acids is 2. The summed E-state index contributed by atoms with van der Waals surface area (Å²) in [6, 6.07) is 7.30. The molecule has 0 aliphatic carbocycles. The molecule has 1 aromatic heterocycles. The van der Waals surface area contributed by atoms with Gasteiger partial charge in [-0.2, -0.15) is 0 Å². The minimum atomic E-state index is -0.221. The summed E-state index contributed by atoms with van der Waals surface area (Å²) >= 11 is 1.20. The van der Waals surface area contributed by atoms with E-state index in [2.05, 4.69) is 20.4 Å². The molecular weight excluding hydrogens is 406 g/mol. The molecule has 0 spiro atoms. The van der Waals surface area contributed by atoms with Crippen LogP contribution in [0.25, 0.3) is 11.5 Å². The van der Waals surface area contributed by atoms with Crippen molar-refractivity contribution in [2.75, 3.05) is 39.0 Å². The number of hydrogen-bond donors (Lipinski definition) is 2. The molecule has 1 fully saturated rings. The summed E-state index contributed by atoms with van der Waals surface area (Å²) in [5, 5.41) is 11.2. The molecule has 1 aromatic carbocycles. The van der Waals surface area contributed by atoms with Crippen molar-refractivity contribution in [1.82, 2.24) is 20.4 Å². The van der Waals surface area contributed by atoms with Gasteiger partial charge in [0, 0.05) is 18.7 Å². The van der Waals surface area contributed by atoms with Crippen LogP contribution < -0.4 is 15.8 Å². The van der Waals surface area contributed by atoms with Crippen molar-refractivity contribution in [3.05, 3.63) is 24.3 Å². The van der Waals surface area contributed by atoms with Gasteiger partial charge in [0.25, 0.3) is 5.22 Å². The number of aromatic nitrogens is 2. The van der Waals surface area contributed by atoms with E-state index in [1.807, 2.05) is 24.3 Å². The number of nitrogens with two attached hydrogens (primary N) is 1. The van der Waals surface area contributed by atoms with Crippen molar-refractivity contribution in [3.8, 4) is 17.2 Å². The molecule has 3 rings (SSSR count). The summed E-state index contributed by atoms with van der Waals surface area (Å²) in [5.74, 6) is 0.993. The van der Waals surface area contributed by atoms with Crippen molar-refractivity contribution >= 4 is 23.6 Å². The van der Waals surface area contributed by atoms with Crippen LogP contribution >= 0.6 is 11.8 Å². The van der Waals surface area contributed by atoms with Gasteiger partial charge in [0.05, 0.1) is 18.8 Å². The standard InChI is InChI=1S/C20H27N5O4S/c1-28-16-7-5-14(6-8-16)19-23-24-20(29-19)30-13-17(26)22-9-3-11-25-10-2-4-15(12-25)18(21)27/h5-8,15H,2-4,9-13H2,1H3,(H2,21,27)(H,22,26). The molecule has 9 nitrogen and oxygen atoms in total. The topological polar surface area (TPSA) is 124 Å². The summed E-state index contributed by atoms with van der Waals surface area (Å²) < 4.78 is 10.7. The van der Waals surface area contributed by atoms with Gasteiger partial charge < -0.3 is 25.1 Å². The minimum absolute atomic E-state index is 0.0537. The highest BCUT2D eigenvalue weighted by molar-refractivity contribution is 7.99. The number of amides is 2. The highest BCUT2D eigenvalue weighted by atomic mass is 32.2. The van der Waals surface area contributed by atoms with Gasteiger partial charge in [0.15, 0.2) is 0 Å². The first-order valence-electron chi connectivity index (χ1n) is 9.94. The van der Waals surface area contributed by atoms with Gasteiger partial charge in [-0.1, -0.05) is 11.8 Å². The number of primary amides is 1. The molecule has 1 aliphatic heterocycles. The summed E-state index contributed by atoms with van der Waals surface area (Å²) in [6.07, 6.45) is 2.68. The number of piperidine rings is 1. The zero-order valence-corrected chi connectivity index (χ0v) is 17.8. The number of thioether (sulfide) groups is 1. The fraction of sp³-hybridized carbons (Fsp3) is 0.500. The lowest BCUT2D eigenvalue weighted by Crippen LogP contribution is -2.42. The maximum atomic E-state index is 12.0. The Morgan fingerprint density at radius 1 is 1.33 bits per heavy atom. The maximum Gasteiger partial charge on any atom is 0.277 e. The van der Waals surface area contributed by atoms with Crippen LogP contribution in [0.3, 0.4) is 0 Å². The largest absolute Gasteiger partial charge is 0.497 e. The quantitative estimate of drug-likeness (QED) is 0.427. The van der Waals surface area contributed by atoms with Crippen LogP contribution in [0.4, 0.5) is 0 Å². The highest BCUT2D eigenvalue weighted by Gasteiger charge is 2.23. The molecule has 2 heterocycles. The van der Waals surface area contributed by atoms with Crippen LogP contribution in [0, 0.1) is 5.92 Å². The van der Waals surface area contributed by atoms with Gasteiger partial charge in [0.2, 0.25) is 17.7 Å². The Balaban J connectivity index is 1.34. The summed E-state index contributed by atoms with van der Waals surface area (Å²) in [4.78, 5) is 25.6. The average Bonchev–Trinajstić information content (AvgIpc) is 3.24. The predicted molar refractivity (Wildman–Crippen MR) is 113 cm³/mol. The molecule has 1 unspecified atom stereocenters. The molecule has 0 bridgehead atoms. The maximum absolute atomic E-state index is 12.0. The van der Waals surface area contributed by atoms with E-state index in [0.717, 1.165) is 43.7 Å². The zero-order chi connectivity index (χ0) is 21.3. The zero-order valence-electron chi connectivity index (χ0n) is 17.0. The van der Waals surface area contributed by atoms with E-state index < -0.39 is 0 Å². The monoisotopic (exact) mass is 433 g/mol. The van der Waals surface area contributed by atoms with Crippen LogP contribution in [-0.4, -0.2) is 66.0 Å². The van der Waals surface area contributed by atoms with Crippen LogP contribution in [0.2, 0.25) is 0 Å². The van der Waals surface area contributed by atoms with Crippen LogP contribution in [-0.2, 0) is 9.59 Å². The number of methoxy groups -OCH3 is 1. The Labute approximate surface area is 179 Å². The second-order valence-electron chi connectivity index (χ2n) is 7.14. The molecule has 2 amide bonds. The number of likely N-dealkylation sites (tertiary alicyclic amines) is 1. The van der Waals surface area contributed by atoms with E-state index >= 15 is 0 Å². The van der Waals surface area contributed by atoms with Gasteiger partial charge in [-0.25, -0.2) is 0 Å². The Hall–Kier alpha value is -2.59. The second kappa shape index (κ2) is 11.0. The van der Waals surface area contributed by atoms with Gasteiger partial charge in [-0.05, 0) is 56.6 Å². The molecule has 0 saturated carbocycles. The highest BCUT2D eigenvalue weighted by Crippen LogP contribution is 2.24. The summed E-state index contributed by atoms with van der Waals surface area (Å²) in [5.41, 5.74) is 6.19. The molecule has 30 heavy (non-hydrogen) atoms. The third-order valence-corrected chi connectivity index (χ3v) is 5.77. The van der Waals surface area contributed by atoms with Gasteiger partial charge in [-0.3, -0.25) is 9.59 Å². The number of ether oxygens (including phenoxy) is 1. The first kappa shape index (κ1) is 22.1. The predicted octanol–water partition coefficient (Wildman–Crippen LogP) is 1.54. The number of benzene rings is 1. The molecule has 1 saturated heterocycles. The van der Waals surface area contributed by atoms with E-state index in [1.165, 1.54) is 11.8 Å². The Bertz CT molecular complexity index is 842. The van der Waals surface area contributed by atoms with Crippen molar-refractivity contribution in [2.45, 2.75) is 24.5 Å². The lowest BCUT2D eigenvalue weighted by atomic mass is 9.97. The second-order valence-corrected chi connectivity index (χ2v) is 8.06. The third kappa shape index (κ3) is 6.46. The Kier molecular flexibility index (Phi) is 8.09. The minimum Gasteiger partial charge on any atom is -0.497 e. The smallest absolute Gasteiger partial charge is 0.277 e. The van der Waals surface area contributed by atoms with E-state index in [4.69, 9.17) is 14.9 Å². The molecule has 0 radical (unpaired) electrons. The van der Waals surface area contributed by atoms with Crippen molar-refractivity contribution in [3.63, 3.8) is 0 Å². The number of rotatable bonds is 10. The Morgan fingerprint density at radius 3 is 2.87 bits per heavy atom. The van der Waals surface area contributed by atoms with Crippen molar-refractivity contribution in [2.24, 2.45) is 11.7 Å². The third-order valence-electron chi connectivity index (χ3n) is 4.95. The summed E-state index contributed by atoms with van der Waals surface area (Å²) in [7, 11) is 1.61. The van der Waals surface area contributed by atoms with E-state index in [-0.39, 0.29) is 23.5 Å². The number of nitrogens with one attached hydrogen (secondary N) is 1. The van der Waals surface area contributed by atoms with Crippen LogP contribution in [0.15, 0.2) is 33.9 Å². The van der Waals surface area contributed by atoms with E-state index in [1.54, 1.807) is 7.11 Å². The normalized spacial score (nSPS) is 16.9. The fourth-order valence-corrected chi connectivity index (χ4v) is 3.91. The number of carbonyl (C=O) groups is 2. The van der Waals surface area contributed by atoms with Gasteiger partial charge in [-0.15, -0.1) is 10.2 Å². The average molecular weight is 434 g/mol. The van der Waals surface area contributed by atoms with Crippen molar-refractivity contribution in [1.29, 1.82) is 0 Å². The molecule has 162 valence electrons. The molecule has 3 N–H and O–H groups in total. The van der Waals surface area contributed by atoms with E-state index in [9.17, 15) is 9.59 Å². The number of nitrogens with zero attached hydrogens (tertiary/aromatic N) is 3. The van der Waals surface area contributed by atoms with Crippen LogP contribution in [0.5, 0.6) is 5.75 Å². The first-order chi connectivity index (χ1) is 14.5. The van der Waals surface area contributed by atoms with Gasteiger partial charge in [0.1, 0.15) is 5.75 Å². The number of hydrogen-bond acceptors (Lipinski definition) is 8. The van der Waals surface area contributed by atoms with Crippen molar-refractivity contribution < 1.29 is 18.7 Å². The lowest BCUT2D eigenvalue weighted by molar-refractivity contribution is -0.123. The molecule has 2 aromatic rings.